The van der Waals surface area contributed by atoms with Gasteiger partial charge in [-0.1, -0.05) is 41.9 Å². The van der Waals surface area contributed by atoms with Crippen molar-refractivity contribution in [2.45, 2.75) is 18.4 Å². The minimum atomic E-state index is -1.06. The molecule has 7 heteroatoms. The molecule has 2 amide bonds. The molecule has 2 N–H and O–H groups in total. The molecule has 1 spiro atoms. The molecule has 5 rings (SSSR count). The third kappa shape index (κ3) is 2.23. The lowest BCUT2D eigenvalue weighted by Crippen LogP contribution is -2.46. The molecule has 2 aliphatic rings. The summed E-state index contributed by atoms with van der Waals surface area (Å²) in [5.41, 5.74) is 2.21. The van der Waals surface area contributed by atoms with Crippen LogP contribution < -0.4 is 10.2 Å². The molecule has 0 aliphatic carbocycles. The monoisotopic (exact) mass is 378 g/mol. The fourth-order valence-electron chi connectivity index (χ4n) is 4.16. The van der Waals surface area contributed by atoms with Crippen LogP contribution in [0.1, 0.15) is 23.1 Å². The number of hydrogen-bond donors (Lipinski definition) is 2. The Morgan fingerprint density at radius 1 is 1.11 bits per heavy atom. The molecular formula is C20H15ClN4O2. The lowest BCUT2D eigenvalue weighted by Gasteiger charge is -2.31. The van der Waals surface area contributed by atoms with Gasteiger partial charge in [-0.25, -0.2) is 0 Å². The number of hydrogen-bond acceptors (Lipinski definition) is 3. The average Bonchev–Trinajstić information content (AvgIpc) is 3.21. The lowest BCUT2D eigenvalue weighted by molar-refractivity contribution is -0.126. The summed E-state index contributed by atoms with van der Waals surface area (Å²) in [6, 6.07) is 15.1. The van der Waals surface area contributed by atoms with Crippen LogP contribution in [0.4, 0.5) is 11.5 Å². The lowest BCUT2D eigenvalue weighted by atomic mass is 9.72. The van der Waals surface area contributed by atoms with E-state index in [-0.39, 0.29) is 18.2 Å². The van der Waals surface area contributed by atoms with Gasteiger partial charge in [-0.15, -0.1) is 0 Å². The number of carbonyl (C=O) groups is 2. The van der Waals surface area contributed by atoms with Gasteiger partial charge in [-0.2, -0.15) is 5.10 Å². The van der Waals surface area contributed by atoms with E-state index in [0.29, 0.717) is 22.9 Å². The van der Waals surface area contributed by atoms with Crippen LogP contribution in [0, 0.1) is 0 Å². The molecule has 1 aromatic heterocycles. The molecule has 1 unspecified atom stereocenters. The second-order valence-electron chi connectivity index (χ2n) is 6.83. The van der Waals surface area contributed by atoms with Gasteiger partial charge in [0.1, 0.15) is 11.2 Å². The Labute approximate surface area is 160 Å². The van der Waals surface area contributed by atoms with Gasteiger partial charge in [-0.3, -0.25) is 14.7 Å². The number of rotatable bonds is 2. The summed E-state index contributed by atoms with van der Waals surface area (Å²) in [5.74, 6) is 0.152. The molecule has 6 nitrogen and oxygen atoms in total. The molecule has 3 aromatic rings. The number of nitrogens with one attached hydrogen (secondary N) is 2. The smallest absolute Gasteiger partial charge is 0.243 e. The average molecular weight is 379 g/mol. The van der Waals surface area contributed by atoms with E-state index in [1.54, 1.807) is 17.2 Å². The highest BCUT2D eigenvalue weighted by Crippen LogP contribution is 2.51. The molecule has 0 saturated carbocycles. The maximum Gasteiger partial charge on any atom is 0.243 e. The molecule has 1 atom stereocenters. The number of aromatic amines is 1. The SMILES string of the molecule is O=C1CC2(C(=O)N(Cc3cccc(Cl)c3)c3ccccc32)c2cn[nH]c2N1. The van der Waals surface area contributed by atoms with Crippen molar-refractivity contribution in [3.8, 4) is 0 Å². The van der Waals surface area contributed by atoms with E-state index < -0.39 is 5.41 Å². The van der Waals surface area contributed by atoms with E-state index in [9.17, 15) is 9.59 Å². The Morgan fingerprint density at radius 3 is 2.81 bits per heavy atom. The highest BCUT2D eigenvalue weighted by atomic mass is 35.5. The van der Waals surface area contributed by atoms with Crippen LogP contribution in [0.15, 0.2) is 54.7 Å². The minimum Gasteiger partial charge on any atom is -0.311 e. The number of amides is 2. The number of nitrogens with zero attached hydrogens (tertiary/aromatic N) is 2. The third-order valence-electron chi connectivity index (χ3n) is 5.28. The second-order valence-corrected chi connectivity index (χ2v) is 7.26. The second kappa shape index (κ2) is 5.69. The van der Waals surface area contributed by atoms with Gasteiger partial charge >= 0.3 is 0 Å². The number of halogens is 1. The Morgan fingerprint density at radius 2 is 1.96 bits per heavy atom. The molecule has 134 valence electrons. The van der Waals surface area contributed by atoms with E-state index in [1.165, 1.54) is 0 Å². The van der Waals surface area contributed by atoms with Crippen molar-refractivity contribution in [1.82, 2.24) is 10.2 Å². The van der Waals surface area contributed by atoms with Crippen LogP contribution in [-0.2, 0) is 21.5 Å². The zero-order chi connectivity index (χ0) is 18.6. The number of aromatic nitrogens is 2. The molecule has 2 aromatic carbocycles. The summed E-state index contributed by atoms with van der Waals surface area (Å²) in [6.07, 6.45) is 1.69. The van der Waals surface area contributed by atoms with Crippen molar-refractivity contribution in [3.63, 3.8) is 0 Å². The summed E-state index contributed by atoms with van der Waals surface area (Å²) in [5, 5.41) is 10.2. The highest BCUT2D eigenvalue weighted by molar-refractivity contribution is 6.30. The summed E-state index contributed by atoms with van der Waals surface area (Å²) < 4.78 is 0. The van der Waals surface area contributed by atoms with Crippen LogP contribution >= 0.6 is 11.6 Å². The number of H-pyrrole nitrogens is 1. The number of benzene rings is 2. The van der Waals surface area contributed by atoms with Gasteiger partial charge in [0, 0.05) is 22.7 Å². The Hall–Kier alpha value is -3.12. The zero-order valence-electron chi connectivity index (χ0n) is 14.2. The van der Waals surface area contributed by atoms with Gasteiger partial charge in [0.2, 0.25) is 11.8 Å². The van der Waals surface area contributed by atoms with Gasteiger partial charge in [0.15, 0.2) is 0 Å². The fourth-order valence-corrected chi connectivity index (χ4v) is 4.37. The van der Waals surface area contributed by atoms with E-state index >= 15 is 0 Å². The van der Waals surface area contributed by atoms with Crippen LogP contribution in [0.3, 0.4) is 0 Å². The van der Waals surface area contributed by atoms with Crippen molar-refractivity contribution < 1.29 is 9.59 Å². The Bertz CT molecular complexity index is 1090. The van der Waals surface area contributed by atoms with E-state index in [4.69, 9.17) is 11.6 Å². The molecule has 0 bridgehead atoms. The van der Waals surface area contributed by atoms with Gasteiger partial charge in [-0.05, 0) is 29.3 Å². The number of fused-ring (bicyclic) bond motifs is 4. The largest absolute Gasteiger partial charge is 0.311 e. The van der Waals surface area contributed by atoms with E-state index in [0.717, 1.165) is 16.8 Å². The third-order valence-corrected chi connectivity index (χ3v) is 5.52. The van der Waals surface area contributed by atoms with E-state index in [2.05, 4.69) is 15.5 Å². The van der Waals surface area contributed by atoms with Crippen LogP contribution in [-0.4, -0.2) is 22.0 Å². The van der Waals surface area contributed by atoms with Crippen molar-refractivity contribution in [3.05, 3.63) is 76.4 Å². The standard InChI is InChI=1S/C20H15ClN4O2/c21-13-5-3-4-12(8-13)11-25-16-7-2-1-6-14(16)20(19(25)27)9-17(26)23-18-15(20)10-22-24-18/h1-8,10H,9,11H2,(H2,22,23,24,26). The predicted octanol–water partition coefficient (Wildman–Crippen LogP) is 3.24. The maximum atomic E-state index is 13.7. The first-order valence-electron chi connectivity index (χ1n) is 8.59. The number of carbonyl (C=O) groups excluding carboxylic acids is 2. The first-order valence-corrected chi connectivity index (χ1v) is 8.97. The zero-order valence-corrected chi connectivity index (χ0v) is 15.0. The topological polar surface area (TPSA) is 78.1 Å². The van der Waals surface area contributed by atoms with Crippen molar-refractivity contribution in [2.75, 3.05) is 10.2 Å². The molecule has 0 fully saturated rings. The molecule has 3 heterocycles. The van der Waals surface area contributed by atoms with Crippen molar-refractivity contribution >= 4 is 34.9 Å². The van der Waals surface area contributed by atoms with Gasteiger partial charge in [0.05, 0.1) is 12.7 Å². The normalized spacial score (nSPS) is 20.6. The molecular weight excluding hydrogens is 364 g/mol. The van der Waals surface area contributed by atoms with Crippen LogP contribution in [0.25, 0.3) is 0 Å². The predicted molar refractivity (Wildman–Crippen MR) is 102 cm³/mol. The molecule has 0 radical (unpaired) electrons. The summed E-state index contributed by atoms with van der Waals surface area (Å²) in [7, 11) is 0. The van der Waals surface area contributed by atoms with Crippen LogP contribution in [0.2, 0.25) is 5.02 Å². The van der Waals surface area contributed by atoms with Crippen LogP contribution in [0.5, 0.6) is 0 Å². The Balaban J connectivity index is 1.68. The highest BCUT2D eigenvalue weighted by Gasteiger charge is 2.56. The summed E-state index contributed by atoms with van der Waals surface area (Å²) in [6.45, 7) is 0.382. The Kier molecular flexibility index (Phi) is 3.39. The van der Waals surface area contributed by atoms with Gasteiger partial charge < -0.3 is 10.2 Å². The fraction of sp³-hybridized carbons (Fsp3) is 0.150. The molecule has 2 aliphatic heterocycles. The first-order chi connectivity index (χ1) is 13.1. The minimum absolute atomic E-state index is 0.0570. The quantitative estimate of drug-likeness (QED) is 0.718. The van der Waals surface area contributed by atoms with E-state index in [1.807, 2.05) is 42.5 Å². The summed E-state index contributed by atoms with van der Waals surface area (Å²) >= 11 is 6.11. The maximum absolute atomic E-state index is 13.7. The van der Waals surface area contributed by atoms with Crippen molar-refractivity contribution in [2.24, 2.45) is 0 Å². The van der Waals surface area contributed by atoms with Crippen molar-refractivity contribution in [1.29, 1.82) is 0 Å². The van der Waals surface area contributed by atoms with Gasteiger partial charge in [0.25, 0.3) is 0 Å². The summed E-state index contributed by atoms with van der Waals surface area (Å²) in [4.78, 5) is 27.8. The first kappa shape index (κ1) is 16.1. The molecule has 0 saturated heterocycles. The number of anilines is 2. The number of para-hydroxylation sites is 1. The molecule has 27 heavy (non-hydrogen) atoms.